The van der Waals surface area contributed by atoms with Gasteiger partial charge in [-0.05, 0) is 38.6 Å². The molecule has 1 aromatic carbocycles. The number of anilines is 1. The van der Waals surface area contributed by atoms with Gasteiger partial charge in [-0.1, -0.05) is 27.2 Å². The quantitative estimate of drug-likeness (QED) is 0.539. The van der Waals surface area contributed by atoms with Crippen molar-refractivity contribution in [2.75, 3.05) is 25.4 Å². The number of aromatic carboxylic acids is 1. The van der Waals surface area contributed by atoms with Crippen LogP contribution in [0.1, 0.15) is 62.5 Å². The summed E-state index contributed by atoms with van der Waals surface area (Å²) in [6, 6.07) is 3.12. The molecule has 0 aliphatic rings. The molecule has 0 spiro atoms. The minimum absolute atomic E-state index is 0.0683. The summed E-state index contributed by atoms with van der Waals surface area (Å²) < 4.78 is 5.84. The van der Waals surface area contributed by atoms with Crippen molar-refractivity contribution in [1.82, 2.24) is 4.90 Å². The first-order valence-electron chi connectivity index (χ1n) is 8.00. The van der Waals surface area contributed by atoms with Crippen molar-refractivity contribution < 1.29 is 14.6 Å². The van der Waals surface area contributed by atoms with Gasteiger partial charge in [0.15, 0.2) is 0 Å². The molecule has 1 atom stereocenters. The number of rotatable bonds is 9. The molecule has 0 fully saturated rings. The van der Waals surface area contributed by atoms with E-state index in [-0.39, 0.29) is 11.6 Å². The summed E-state index contributed by atoms with van der Waals surface area (Å²) in [5, 5.41) is 9.51. The summed E-state index contributed by atoms with van der Waals surface area (Å²) in [4.78, 5) is 13.8. The van der Waals surface area contributed by atoms with Crippen molar-refractivity contribution in [2.45, 2.75) is 46.6 Å². The second-order valence-corrected chi connectivity index (χ2v) is 5.35. The van der Waals surface area contributed by atoms with Crippen molar-refractivity contribution in [3.05, 3.63) is 23.3 Å². The summed E-state index contributed by atoms with van der Waals surface area (Å²) >= 11 is 0. The second kappa shape index (κ2) is 8.63. The Labute approximate surface area is 133 Å². The molecule has 5 nitrogen and oxygen atoms in total. The summed E-state index contributed by atoms with van der Waals surface area (Å²) in [6.45, 7) is 10.4. The van der Waals surface area contributed by atoms with Crippen LogP contribution in [-0.4, -0.2) is 35.7 Å². The summed E-state index contributed by atoms with van der Waals surface area (Å²) in [5.41, 5.74) is 7.49. The van der Waals surface area contributed by atoms with Gasteiger partial charge in [0.1, 0.15) is 5.75 Å². The maximum Gasteiger partial charge on any atom is 0.336 e. The first-order chi connectivity index (χ1) is 10.5. The van der Waals surface area contributed by atoms with E-state index in [1.807, 2.05) is 6.92 Å². The maximum absolute atomic E-state index is 11.6. The molecule has 1 unspecified atom stereocenters. The first kappa shape index (κ1) is 18.3. The Kier molecular flexibility index (Phi) is 7.18. The van der Waals surface area contributed by atoms with Crippen molar-refractivity contribution >= 4 is 11.7 Å². The van der Waals surface area contributed by atoms with Crippen molar-refractivity contribution in [1.29, 1.82) is 0 Å². The Hall–Kier alpha value is -1.75. The highest BCUT2D eigenvalue weighted by molar-refractivity contribution is 5.91. The summed E-state index contributed by atoms with van der Waals surface area (Å²) in [5.74, 6) is -0.429. The molecular formula is C17H28N2O3. The first-order valence-corrected chi connectivity index (χ1v) is 8.00. The smallest absolute Gasteiger partial charge is 0.336 e. The molecule has 0 bridgehead atoms. The standard InChI is InChI=1S/C17H28N2O3/c1-5-8-11-22-16-14(18)10-9-13(17(20)21)15(16)12(4)19(6-2)7-3/h9-10,12H,5-8,11,18H2,1-4H3,(H,20,21). The SMILES string of the molecule is CCCCOc1c(N)ccc(C(=O)O)c1C(C)N(CC)CC. The van der Waals surface area contributed by atoms with E-state index < -0.39 is 5.97 Å². The Morgan fingerprint density at radius 3 is 2.45 bits per heavy atom. The molecule has 3 N–H and O–H groups in total. The average molecular weight is 308 g/mol. The van der Waals surface area contributed by atoms with Crippen LogP contribution in [0.5, 0.6) is 5.75 Å². The number of carboxylic acid groups (broad SMARTS) is 1. The van der Waals surface area contributed by atoms with Crippen LogP contribution < -0.4 is 10.5 Å². The van der Waals surface area contributed by atoms with Crippen LogP contribution in [0.4, 0.5) is 5.69 Å². The minimum Gasteiger partial charge on any atom is -0.491 e. The lowest BCUT2D eigenvalue weighted by Gasteiger charge is -2.29. The van der Waals surface area contributed by atoms with E-state index in [1.165, 1.54) is 0 Å². The fourth-order valence-corrected chi connectivity index (χ4v) is 2.65. The zero-order chi connectivity index (χ0) is 16.7. The number of nitrogen functional groups attached to an aromatic ring is 1. The van der Waals surface area contributed by atoms with Gasteiger partial charge in [-0.25, -0.2) is 4.79 Å². The predicted octanol–water partition coefficient (Wildman–Crippen LogP) is 3.55. The van der Waals surface area contributed by atoms with E-state index in [0.29, 0.717) is 23.6 Å². The molecule has 1 aromatic rings. The number of carbonyl (C=O) groups is 1. The van der Waals surface area contributed by atoms with Crippen molar-refractivity contribution in [3.8, 4) is 5.75 Å². The van der Waals surface area contributed by atoms with Crippen LogP contribution in [0.15, 0.2) is 12.1 Å². The van der Waals surface area contributed by atoms with Gasteiger partial charge in [0, 0.05) is 11.6 Å². The summed E-state index contributed by atoms with van der Waals surface area (Å²) in [7, 11) is 0. The zero-order valence-corrected chi connectivity index (χ0v) is 14.1. The Morgan fingerprint density at radius 2 is 1.95 bits per heavy atom. The van der Waals surface area contributed by atoms with Crippen molar-refractivity contribution in [3.63, 3.8) is 0 Å². The lowest BCUT2D eigenvalue weighted by atomic mass is 9.97. The molecule has 0 aliphatic carbocycles. The molecule has 1 rings (SSSR count). The minimum atomic E-state index is -0.950. The molecule has 0 aliphatic heterocycles. The van der Waals surface area contributed by atoms with Gasteiger partial charge in [-0.15, -0.1) is 0 Å². The van der Waals surface area contributed by atoms with Gasteiger partial charge < -0.3 is 15.6 Å². The molecule has 0 radical (unpaired) electrons. The van der Waals surface area contributed by atoms with Crippen LogP contribution in [0, 0.1) is 0 Å². The van der Waals surface area contributed by atoms with E-state index in [1.54, 1.807) is 12.1 Å². The number of ether oxygens (including phenoxy) is 1. The highest BCUT2D eigenvalue weighted by Gasteiger charge is 2.25. The average Bonchev–Trinajstić information content (AvgIpc) is 2.49. The highest BCUT2D eigenvalue weighted by atomic mass is 16.5. The normalized spacial score (nSPS) is 12.4. The number of nitrogens with zero attached hydrogens (tertiary/aromatic N) is 1. The molecule has 22 heavy (non-hydrogen) atoms. The maximum atomic E-state index is 11.6. The number of hydrogen-bond acceptors (Lipinski definition) is 4. The Bertz CT molecular complexity index is 499. The van der Waals surface area contributed by atoms with Crippen molar-refractivity contribution in [2.24, 2.45) is 0 Å². The van der Waals surface area contributed by atoms with E-state index in [2.05, 4.69) is 25.7 Å². The Morgan fingerprint density at radius 1 is 1.32 bits per heavy atom. The number of benzene rings is 1. The summed E-state index contributed by atoms with van der Waals surface area (Å²) in [6.07, 6.45) is 1.93. The van der Waals surface area contributed by atoms with Gasteiger partial charge in [0.25, 0.3) is 0 Å². The van der Waals surface area contributed by atoms with Gasteiger partial charge >= 0.3 is 5.97 Å². The third-order valence-corrected chi connectivity index (χ3v) is 3.98. The second-order valence-electron chi connectivity index (χ2n) is 5.35. The van der Waals surface area contributed by atoms with Crippen LogP contribution in [0.25, 0.3) is 0 Å². The van der Waals surface area contributed by atoms with E-state index >= 15 is 0 Å². The number of hydrogen-bond donors (Lipinski definition) is 2. The van der Waals surface area contributed by atoms with Gasteiger partial charge in [0.05, 0.1) is 17.9 Å². The fourth-order valence-electron chi connectivity index (χ4n) is 2.65. The van der Waals surface area contributed by atoms with Crippen LogP contribution in [0.3, 0.4) is 0 Å². The van der Waals surface area contributed by atoms with E-state index in [4.69, 9.17) is 10.5 Å². The zero-order valence-electron chi connectivity index (χ0n) is 14.1. The largest absolute Gasteiger partial charge is 0.491 e. The van der Waals surface area contributed by atoms with E-state index in [9.17, 15) is 9.90 Å². The van der Waals surface area contributed by atoms with Crippen LogP contribution >= 0.6 is 0 Å². The molecule has 5 heteroatoms. The van der Waals surface area contributed by atoms with Gasteiger partial charge in [-0.3, -0.25) is 4.90 Å². The number of nitrogens with two attached hydrogens (primary N) is 1. The Balaban J connectivity index is 3.33. The van der Waals surface area contributed by atoms with Crippen LogP contribution in [-0.2, 0) is 0 Å². The topological polar surface area (TPSA) is 75.8 Å². The van der Waals surface area contributed by atoms with E-state index in [0.717, 1.165) is 25.9 Å². The third-order valence-electron chi connectivity index (χ3n) is 3.98. The molecule has 124 valence electrons. The predicted molar refractivity (Wildman–Crippen MR) is 89.6 cm³/mol. The molecule has 0 saturated carbocycles. The molecule has 0 amide bonds. The molecule has 0 saturated heterocycles. The monoisotopic (exact) mass is 308 g/mol. The molecule has 0 aromatic heterocycles. The lowest BCUT2D eigenvalue weighted by Crippen LogP contribution is -2.28. The lowest BCUT2D eigenvalue weighted by molar-refractivity contribution is 0.0692. The number of unbranched alkanes of at least 4 members (excludes halogenated alkanes) is 1. The van der Waals surface area contributed by atoms with Gasteiger partial charge in [0.2, 0.25) is 0 Å². The molecular weight excluding hydrogens is 280 g/mol. The number of carboxylic acids is 1. The third kappa shape index (κ3) is 4.13. The van der Waals surface area contributed by atoms with Gasteiger partial charge in [-0.2, -0.15) is 0 Å². The fraction of sp³-hybridized carbons (Fsp3) is 0.588. The molecule has 0 heterocycles. The van der Waals surface area contributed by atoms with Crippen LogP contribution in [0.2, 0.25) is 0 Å². The highest BCUT2D eigenvalue weighted by Crippen LogP contribution is 2.37.